The maximum absolute atomic E-state index is 12.2. The number of rotatable bonds is 7. The van der Waals surface area contributed by atoms with Crippen LogP contribution in [0.25, 0.3) is 0 Å². The Labute approximate surface area is 168 Å². The van der Waals surface area contributed by atoms with Crippen LogP contribution < -0.4 is 10.6 Å². The number of nitrogens with zero attached hydrogens (tertiary/aromatic N) is 1. The van der Waals surface area contributed by atoms with Crippen molar-refractivity contribution < 1.29 is 23.9 Å². The number of hydrogen-bond donors (Lipinski definition) is 2. The summed E-state index contributed by atoms with van der Waals surface area (Å²) in [4.78, 5) is 49.1. The second-order valence-corrected chi connectivity index (χ2v) is 7.63. The molecule has 1 saturated heterocycles. The van der Waals surface area contributed by atoms with Gasteiger partial charge in [0.2, 0.25) is 0 Å². The molecular formula is C19H24ClN3O5. The van der Waals surface area contributed by atoms with E-state index < -0.39 is 29.6 Å². The SMILES string of the molecule is Cc1ccc(Cl)cc1NC(=O)[C@@H](C)OC(=O)CCCN1C(=O)NC(C)(C)C1=O. The van der Waals surface area contributed by atoms with Crippen molar-refractivity contribution in [1.82, 2.24) is 10.2 Å². The Bertz CT molecular complexity index is 809. The summed E-state index contributed by atoms with van der Waals surface area (Å²) < 4.78 is 5.13. The lowest BCUT2D eigenvalue weighted by Crippen LogP contribution is -2.40. The average Bonchev–Trinajstić information content (AvgIpc) is 2.79. The van der Waals surface area contributed by atoms with Crippen LogP contribution in [0.3, 0.4) is 0 Å². The van der Waals surface area contributed by atoms with E-state index in [1.165, 1.54) is 6.92 Å². The highest BCUT2D eigenvalue weighted by atomic mass is 35.5. The molecular weight excluding hydrogens is 386 g/mol. The molecule has 1 aliphatic rings. The smallest absolute Gasteiger partial charge is 0.325 e. The van der Waals surface area contributed by atoms with Crippen LogP contribution in [-0.4, -0.2) is 46.9 Å². The number of imide groups is 1. The minimum atomic E-state index is -0.999. The van der Waals surface area contributed by atoms with Crippen molar-refractivity contribution in [3.8, 4) is 0 Å². The molecule has 1 aromatic rings. The number of nitrogens with one attached hydrogen (secondary N) is 2. The summed E-state index contributed by atoms with van der Waals surface area (Å²) in [6, 6.07) is 4.62. The molecule has 2 rings (SSSR count). The molecule has 28 heavy (non-hydrogen) atoms. The van der Waals surface area contributed by atoms with E-state index in [4.69, 9.17) is 16.3 Å². The van der Waals surface area contributed by atoms with E-state index >= 15 is 0 Å². The Kier molecular flexibility index (Phi) is 6.66. The van der Waals surface area contributed by atoms with Crippen LogP contribution in [0.2, 0.25) is 5.02 Å². The molecule has 1 aromatic carbocycles. The highest BCUT2D eigenvalue weighted by Gasteiger charge is 2.43. The lowest BCUT2D eigenvalue weighted by Gasteiger charge is -2.17. The van der Waals surface area contributed by atoms with Gasteiger partial charge in [-0.15, -0.1) is 0 Å². The van der Waals surface area contributed by atoms with Crippen molar-refractivity contribution in [2.24, 2.45) is 0 Å². The third-order valence-corrected chi connectivity index (χ3v) is 4.58. The van der Waals surface area contributed by atoms with E-state index in [-0.39, 0.29) is 25.3 Å². The number of halogens is 1. The first-order valence-corrected chi connectivity index (χ1v) is 9.29. The summed E-state index contributed by atoms with van der Waals surface area (Å²) in [7, 11) is 0. The number of hydrogen-bond acceptors (Lipinski definition) is 5. The number of carbonyl (C=O) groups is 4. The maximum Gasteiger partial charge on any atom is 0.325 e. The van der Waals surface area contributed by atoms with Crippen molar-refractivity contribution in [3.05, 3.63) is 28.8 Å². The summed E-state index contributed by atoms with van der Waals surface area (Å²) in [6.07, 6.45) is -0.775. The maximum atomic E-state index is 12.2. The molecule has 0 unspecified atom stereocenters. The minimum absolute atomic E-state index is 0.0225. The first-order chi connectivity index (χ1) is 13.0. The highest BCUT2D eigenvalue weighted by molar-refractivity contribution is 6.31. The lowest BCUT2D eigenvalue weighted by molar-refractivity contribution is -0.153. The van der Waals surface area contributed by atoms with Gasteiger partial charge in [0.15, 0.2) is 6.10 Å². The first kappa shape index (κ1) is 21.7. The quantitative estimate of drug-likeness (QED) is 0.532. The van der Waals surface area contributed by atoms with E-state index in [0.717, 1.165) is 10.5 Å². The predicted molar refractivity (Wildman–Crippen MR) is 104 cm³/mol. The Hall–Kier alpha value is -2.61. The zero-order valence-electron chi connectivity index (χ0n) is 16.3. The average molecular weight is 410 g/mol. The Morgan fingerprint density at radius 1 is 1.32 bits per heavy atom. The van der Waals surface area contributed by atoms with Crippen molar-refractivity contribution in [1.29, 1.82) is 0 Å². The molecule has 1 heterocycles. The van der Waals surface area contributed by atoms with Gasteiger partial charge >= 0.3 is 12.0 Å². The van der Waals surface area contributed by atoms with E-state index in [0.29, 0.717) is 10.7 Å². The number of carbonyl (C=O) groups excluding carboxylic acids is 4. The minimum Gasteiger partial charge on any atom is -0.453 e. The number of benzene rings is 1. The number of aryl methyl sites for hydroxylation is 1. The van der Waals surface area contributed by atoms with Crippen LogP contribution in [0.15, 0.2) is 18.2 Å². The van der Waals surface area contributed by atoms with Crippen LogP contribution in [0, 0.1) is 6.92 Å². The predicted octanol–water partition coefficient (Wildman–Crippen LogP) is 2.63. The molecule has 152 valence electrons. The molecule has 8 nitrogen and oxygen atoms in total. The van der Waals surface area contributed by atoms with Gasteiger partial charge in [-0.3, -0.25) is 19.3 Å². The van der Waals surface area contributed by atoms with Crippen molar-refractivity contribution in [2.45, 2.75) is 52.2 Å². The van der Waals surface area contributed by atoms with Gasteiger partial charge in [0.1, 0.15) is 5.54 Å². The topological polar surface area (TPSA) is 105 Å². The van der Waals surface area contributed by atoms with E-state index in [1.807, 2.05) is 6.92 Å². The molecule has 0 aromatic heterocycles. The van der Waals surface area contributed by atoms with Gasteiger partial charge in [0.05, 0.1) is 0 Å². The molecule has 0 aliphatic carbocycles. The first-order valence-electron chi connectivity index (χ1n) is 8.92. The summed E-state index contributed by atoms with van der Waals surface area (Å²) in [5.74, 6) is -1.40. The van der Waals surface area contributed by atoms with Crippen molar-refractivity contribution >= 4 is 41.1 Å². The largest absolute Gasteiger partial charge is 0.453 e. The van der Waals surface area contributed by atoms with Crippen LogP contribution in [0.4, 0.5) is 10.5 Å². The second-order valence-electron chi connectivity index (χ2n) is 7.20. The molecule has 2 N–H and O–H groups in total. The molecule has 0 radical (unpaired) electrons. The molecule has 1 atom stereocenters. The fourth-order valence-corrected chi connectivity index (χ4v) is 2.85. The van der Waals surface area contributed by atoms with Gasteiger partial charge in [0, 0.05) is 23.7 Å². The van der Waals surface area contributed by atoms with Crippen molar-refractivity contribution in [2.75, 3.05) is 11.9 Å². The number of amides is 4. The van der Waals surface area contributed by atoms with E-state index in [2.05, 4.69) is 10.6 Å². The van der Waals surface area contributed by atoms with Crippen LogP contribution in [0.1, 0.15) is 39.2 Å². The number of esters is 1. The Morgan fingerprint density at radius 3 is 2.61 bits per heavy atom. The van der Waals surface area contributed by atoms with Gasteiger partial charge in [-0.1, -0.05) is 17.7 Å². The van der Waals surface area contributed by atoms with Crippen LogP contribution in [0.5, 0.6) is 0 Å². The Balaban J connectivity index is 1.79. The fraction of sp³-hybridized carbons (Fsp3) is 0.474. The van der Waals surface area contributed by atoms with Gasteiger partial charge < -0.3 is 15.4 Å². The van der Waals surface area contributed by atoms with Crippen LogP contribution >= 0.6 is 11.6 Å². The summed E-state index contributed by atoms with van der Waals surface area (Å²) in [5, 5.41) is 5.72. The van der Waals surface area contributed by atoms with E-state index in [9.17, 15) is 19.2 Å². The monoisotopic (exact) mass is 409 g/mol. The molecule has 0 bridgehead atoms. The van der Waals surface area contributed by atoms with Gasteiger partial charge in [-0.05, 0) is 51.8 Å². The summed E-state index contributed by atoms with van der Waals surface area (Å²) in [5.41, 5.74) is 0.428. The molecule has 1 fully saturated rings. The zero-order valence-corrected chi connectivity index (χ0v) is 17.1. The molecule has 9 heteroatoms. The Morgan fingerprint density at radius 2 is 2.00 bits per heavy atom. The third-order valence-electron chi connectivity index (χ3n) is 4.34. The normalized spacial score (nSPS) is 16.5. The van der Waals surface area contributed by atoms with Crippen molar-refractivity contribution in [3.63, 3.8) is 0 Å². The number of urea groups is 1. The molecule has 0 saturated carbocycles. The van der Waals surface area contributed by atoms with Crippen LogP contribution in [-0.2, 0) is 19.1 Å². The number of anilines is 1. The summed E-state index contributed by atoms with van der Waals surface area (Å²) >= 11 is 5.92. The van der Waals surface area contributed by atoms with Gasteiger partial charge in [-0.25, -0.2) is 4.79 Å². The molecule has 4 amide bonds. The highest BCUT2D eigenvalue weighted by Crippen LogP contribution is 2.21. The number of ether oxygens (including phenoxy) is 1. The third kappa shape index (κ3) is 5.22. The fourth-order valence-electron chi connectivity index (χ4n) is 2.68. The second kappa shape index (κ2) is 8.60. The van der Waals surface area contributed by atoms with Gasteiger partial charge in [-0.2, -0.15) is 0 Å². The summed E-state index contributed by atoms with van der Waals surface area (Å²) in [6.45, 7) is 6.62. The molecule has 0 spiro atoms. The zero-order chi connectivity index (χ0) is 21.1. The van der Waals surface area contributed by atoms with E-state index in [1.54, 1.807) is 32.0 Å². The standard InChI is InChI=1S/C19H24ClN3O5/c1-11-7-8-13(20)10-14(11)21-16(25)12(2)28-15(24)6-5-9-23-17(26)19(3,4)22-18(23)27/h7-8,10,12H,5-6,9H2,1-4H3,(H,21,25)(H,22,27)/t12-/m1/s1. The van der Waals surface area contributed by atoms with Gasteiger partial charge in [0.25, 0.3) is 11.8 Å². The lowest BCUT2D eigenvalue weighted by atomic mass is 10.1. The molecule has 1 aliphatic heterocycles.